The van der Waals surface area contributed by atoms with Gasteiger partial charge in [-0.15, -0.1) is 0 Å². The van der Waals surface area contributed by atoms with Crippen LogP contribution in [0.5, 0.6) is 0 Å². The van der Waals surface area contributed by atoms with Gasteiger partial charge in [0.15, 0.2) is 0 Å². The molecule has 0 unspecified atom stereocenters. The van der Waals surface area contributed by atoms with Crippen LogP contribution in [0.25, 0.3) is 55.3 Å². The number of hydrogen-bond donors (Lipinski definition) is 0. The highest BCUT2D eigenvalue weighted by Gasteiger charge is 2.45. The van der Waals surface area contributed by atoms with Crippen LogP contribution in [0.3, 0.4) is 0 Å². The van der Waals surface area contributed by atoms with Crippen LogP contribution < -0.4 is 4.90 Å². The van der Waals surface area contributed by atoms with E-state index in [4.69, 9.17) is 0 Å². The average molecular weight is 602 g/mol. The van der Waals surface area contributed by atoms with E-state index in [-0.39, 0.29) is 5.41 Å². The Morgan fingerprint density at radius 2 is 1.02 bits per heavy atom. The fourth-order valence-corrected chi connectivity index (χ4v) is 9.20. The van der Waals surface area contributed by atoms with Gasteiger partial charge in [-0.05, 0) is 92.6 Å². The molecule has 224 valence electrons. The zero-order valence-corrected chi connectivity index (χ0v) is 26.4. The molecule has 47 heavy (non-hydrogen) atoms. The van der Waals surface area contributed by atoms with Crippen LogP contribution in [0.2, 0.25) is 0 Å². The van der Waals surface area contributed by atoms with Gasteiger partial charge in [-0.3, -0.25) is 0 Å². The van der Waals surface area contributed by atoms with E-state index in [0.29, 0.717) is 0 Å². The van der Waals surface area contributed by atoms with Crippen molar-refractivity contribution in [2.24, 2.45) is 0 Å². The van der Waals surface area contributed by atoms with Gasteiger partial charge in [-0.1, -0.05) is 147 Å². The summed E-state index contributed by atoms with van der Waals surface area (Å²) < 4.78 is 0. The van der Waals surface area contributed by atoms with Gasteiger partial charge in [0.2, 0.25) is 0 Å². The molecule has 0 radical (unpaired) electrons. The maximum atomic E-state index is 2.55. The highest BCUT2D eigenvalue weighted by Crippen LogP contribution is 2.60. The summed E-state index contributed by atoms with van der Waals surface area (Å²) in [4.78, 5) is 2.55. The summed E-state index contributed by atoms with van der Waals surface area (Å²) in [5, 5.41) is 2.65. The number of hydrogen-bond acceptors (Lipinski definition) is 1. The van der Waals surface area contributed by atoms with Gasteiger partial charge in [0.1, 0.15) is 0 Å². The minimum Gasteiger partial charge on any atom is -0.309 e. The Balaban J connectivity index is 1.24. The number of rotatable bonds is 4. The van der Waals surface area contributed by atoms with Crippen LogP contribution in [0.15, 0.2) is 152 Å². The second kappa shape index (κ2) is 10.3. The van der Waals surface area contributed by atoms with Crippen molar-refractivity contribution in [3.05, 3.63) is 163 Å². The summed E-state index contributed by atoms with van der Waals surface area (Å²) in [6.45, 7) is 0. The molecule has 0 atom stereocenters. The predicted octanol–water partition coefficient (Wildman–Crippen LogP) is 12.9. The summed E-state index contributed by atoms with van der Waals surface area (Å²) in [6, 6.07) is 56.8. The number of benzene rings is 7. The molecule has 0 N–H and O–H groups in total. The van der Waals surface area contributed by atoms with Crippen LogP contribution in [-0.2, 0) is 5.41 Å². The van der Waals surface area contributed by atoms with Crippen LogP contribution >= 0.6 is 0 Å². The van der Waals surface area contributed by atoms with Crippen molar-refractivity contribution in [3.8, 4) is 44.5 Å². The minimum absolute atomic E-state index is 0.104. The second-order valence-electron chi connectivity index (χ2n) is 13.5. The zero-order chi connectivity index (χ0) is 31.0. The molecule has 7 aromatic carbocycles. The van der Waals surface area contributed by atoms with Crippen LogP contribution in [0.4, 0.5) is 17.1 Å². The van der Waals surface area contributed by atoms with Crippen molar-refractivity contribution in [3.63, 3.8) is 0 Å². The fraction of sp³-hybridized carbons (Fsp3) is 0.130. The van der Waals surface area contributed by atoms with Crippen LogP contribution in [-0.4, -0.2) is 0 Å². The molecule has 0 saturated heterocycles. The molecule has 0 aliphatic heterocycles. The highest BCUT2D eigenvalue weighted by atomic mass is 15.1. The molecule has 0 heterocycles. The molecule has 7 aromatic rings. The normalized spacial score (nSPS) is 15.0. The molecule has 1 spiro atoms. The lowest BCUT2D eigenvalue weighted by molar-refractivity contribution is 0.353. The lowest BCUT2D eigenvalue weighted by Gasteiger charge is -2.36. The Bertz CT molecular complexity index is 2290. The standard InChI is InChI=1S/C46H35N/c1-3-13-31(14-4-1)32-23-25-33(26-24-32)47(42-28-27-37-35-16-6-5-15-34(35)36-18-11-19-39(42)44(36)37)43-22-12-21-41-45(43)38-17-7-8-20-40(38)46(41)29-9-2-10-30-46/h1,3-8,11-28H,2,9-10,29-30H2. The molecule has 1 fully saturated rings. The van der Waals surface area contributed by atoms with Gasteiger partial charge in [-0.2, -0.15) is 0 Å². The van der Waals surface area contributed by atoms with E-state index >= 15 is 0 Å². The lowest BCUT2D eigenvalue weighted by atomic mass is 9.68. The summed E-state index contributed by atoms with van der Waals surface area (Å²) in [6.07, 6.45) is 6.37. The SMILES string of the molecule is c1ccc(-c2ccc(N(c3cccc4c3-c3ccccc3C43CCCCC3)c3ccc4c5c(cccc35)-c3ccccc3-4)cc2)cc1. The quantitative estimate of drug-likeness (QED) is 0.194. The Hall–Kier alpha value is -5.40. The van der Waals surface area contributed by atoms with E-state index in [1.807, 2.05) is 0 Å². The maximum Gasteiger partial charge on any atom is 0.0543 e. The summed E-state index contributed by atoms with van der Waals surface area (Å²) in [7, 11) is 0. The topological polar surface area (TPSA) is 3.24 Å². The Labute approximate surface area is 276 Å². The third kappa shape index (κ3) is 3.83. The van der Waals surface area contributed by atoms with Crippen molar-refractivity contribution < 1.29 is 0 Å². The van der Waals surface area contributed by atoms with Gasteiger partial charge in [0.05, 0.1) is 11.4 Å². The number of fused-ring (bicyclic) bond motifs is 8. The molecule has 10 rings (SSSR count). The first-order chi connectivity index (χ1) is 23.3. The van der Waals surface area contributed by atoms with Crippen molar-refractivity contribution in [1.82, 2.24) is 0 Å². The van der Waals surface area contributed by atoms with Gasteiger partial charge < -0.3 is 4.90 Å². The molecule has 3 aliphatic rings. The van der Waals surface area contributed by atoms with Gasteiger partial charge >= 0.3 is 0 Å². The largest absolute Gasteiger partial charge is 0.309 e. The molecule has 0 amide bonds. The predicted molar refractivity (Wildman–Crippen MR) is 198 cm³/mol. The van der Waals surface area contributed by atoms with Gasteiger partial charge in [0.25, 0.3) is 0 Å². The van der Waals surface area contributed by atoms with E-state index in [9.17, 15) is 0 Å². The molecule has 3 aliphatic carbocycles. The smallest absolute Gasteiger partial charge is 0.0543 e. The Morgan fingerprint density at radius 3 is 1.81 bits per heavy atom. The Kier molecular flexibility index (Phi) is 5.87. The first-order valence-electron chi connectivity index (χ1n) is 17.2. The van der Waals surface area contributed by atoms with Gasteiger partial charge in [-0.25, -0.2) is 0 Å². The average Bonchev–Trinajstić information content (AvgIpc) is 3.62. The van der Waals surface area contributed by atoms with Crippen molar-refractivity contribution in [1.29, 1.82) is 0 Å². The second-order valence-corrected chi connectivity index (χ2v) is 13.5. The van der Waals surface area contributed by atoms with E-state index < -0.39 is 0 Å². The summed E-state index contributed by atoms with van der Waals surface area (Å²) >= 11 is 0. The third-order valence-electron chi connectivity index (χ3n) is 11.2. The minimum atomic E-state index is 0.104. The monoisotopic (exact) mass is 601 g/mol. The molecular formula is C46H35N. The Morgan fingerprint density at radius 1 is 0.404 bits per heavy atom. The van der Waals surface area contributed by atoms with Crippen molar-refractivity contribution in [2.45, 2.75) is 37.5 Å². The molecule has 1 saturated carbocycles. The van der Waals surface area contributed by atoms with E-state index in [0.717, 1.165) is 0 Å². The first-order valence-corrected chi connectivity index (χ1v) is 17.2. The van der Waals surface area contributed by atoms with Crippen LogP contribution in [0, 0.1) is 0 Å². The number of anilines is 3. The zero-order valence-electron chi connectivity index (χ0n) is 26.4. The van der Waals surface area contributed by atoms with Crippen molar-refractivity contribution in [2.75, 3.05) is 4.90 Å². The molecule has 1 heteroatoms. The summed E-state index contributed by atoms with van der Waals surface area (Å²) in [5.41, 5.74) is 17.4. The summed E-state index contributed by atoms with van der Waals surface area (Å²) in [5.74, 6) is 0. The first kappa shape index (κ1) is 26.8. The van der Waals surface area contributed by atoms with E-state index in [1.165, 1.54) is 116 Å². The molecule has 0 bridgehead atoms. The molecule has 0 aromatic heterocycles. The molecule has 1 nitrogen and oxygen atoms in total. The number of nitrogens with zero attached hydrogens (tertiary/aromatic N) is 1. The third-order valence-corrected chi connectivity index (χ3v) is 11.2. The van der Waals surface area contributed by atoms with E-state index in [1.54, 1.807) is 0 Å². The van der Waals surface area contributed by atoms with Crippen LogP contribution in [0.1, 0.15) is 43.2 Å². The maximum absolute atomic E-state index is 2.55. The van der Waals surface area contributed by atoms with Gasteiger partial charge in [0, 0.05) is 22.1 Å². The lowest BCUT2D eigenvalue weighted by Crippen LogP contribution is -2.28. The van der Waals surface area contributed by atoms with E-state index in [2.05, 4.69) is 157 Å². The van der Waals surface area contributed by atoms with Crippen molar-refractivity contribution >= 4 is 27.8 Å². The highest BCUT2D eigenvalue weighted by molar-refractivity contribution is 6.19. The molecular weight excluding hydrogens is 567 g/mol. The fourth-order valence-electron chi connectivity index (χ4n) is 9.20.